The van der Waals surface area contributed by atoms with Crippen molar-refractivity contribution in [2.75, 3.05) is 0 Å². The van der Waals surface area contributed by atoms with Crippen molar-refractivity contribution in [3.63, 3.8) is 0 Å². The van der Waals surface area contributed by atoms with E-state index < -0.39 is 52.0 Å². The molecule has 0 aliphatic heterocycles. The molecular weight excluding hydrogens is 608 g/mol. The predicted molar refractivity (Wildman–Crippen MR) is 170 cm³/mol. The summed E-state index contributed by atoms with van der Waals surface area (Å²) in [5, 5.41) is 84.8. The van der Waals surface area contributed by atoms with Crippen LogP contribution in [0, 0.1) is 5.92 Å². The van der Waals surface area contributed by atoms with Gasteiger partial charge in [0.1, 0.15) is 45.8 Å². The van der Waals surface area contributed by atoms with Crippen LogP contribution in [0.15, 0.2) is 87.6 Å². The molecule has 11 nitrogen and oxygen atoms in total. The van der Waals surface area contributed by atoms with E-state index in [9.17, 15) is 50.4 Å². The Morgan fingerprint density at radius 2 is 1.43 bits per heavy atom. The molecule has 240 valence electrons. The third kappa shape index (κ3) is 5.52. The Morgan fingerprint density at radius 1 is 0.766 bits per heavy atom. The van der Waals surface area contributed by atoms with Gasteiger partial charge in [0, 0.05) is 36.1 Å². The number of carbonyl (C=O) groups is 1. The number of phenolic OH excluding ortho intramolecular Hbond substituents is 7. The van der Waals surface area contributed by atoms with Gasteiger partial charge in [-0.05, 0) is 73.2 Å². The quantitative estimate of drug-likeness (QED) is 0.0774. The summed E-state index contributed by atoms with van der Waals surface area (Å²) in [6, 6.07) is 13.8. The van der Waals surface area contributed by atoms with Gasteiger partial charge < -0.3 is 45.3 Å². The first kappa shape index (κ1) is 30.9. The number of aromatic hydroxyl groups is 8. The van der Waals surface area contributed by atoms with Crippen molar-refractivity contribution < 1.29 is 50.1 Å². The number of hydrogen-bond donors (Lipinski definition) is 8. The van der Waals surface area contributed by atoms with Gasteiger partial charge in [0.15, 0.2) is 11.5 Å². The van der Waals surface area contributed by atoms with Crippen LogP contribution in [0.5, 0.6) is 46.0 Å². The fourth-order valence-corrected chi connectivity index (χ4v) is 6.54. The summed E-state index contributed by atoms with van der Waals surface area (Å²) in [5.74, 6) is -6.30. The molecule has 1 heterocycles. The smallest absolute Gasteiger partial charge is 0.235 e. The number of fused-ring (bicyclic) bond motifs is 1. The fraction of sp³-hybridized carbons (Fsp3) is 0.167. The number of ketones is 1. The minimum Gasteiger partial charge on any atom is -0.508 e. The average molecular weight is 639 g/mol. The molecule has 11 heteroatoms. The highest BCUT2D eigenvalue weighted by Gasteiger charge is 2.40. The highest BCUT2D eigenvalue weighted by atomic mass is 16.4. The second-order valence-electron chi connectivity index (χ2n) is 11.8. The predicted octanol–water partition coefficient (Wildman–Crippen LogP) is 6.21. The van der Waals surface area contributed by atoms with E-state index in [1.165, 1.54) is 60.7 Å². The molecule has 1 aromatic heterocycles. The maximum absolute atomic E-state index is 13.7. The van der Waals surface area contributed by atoms with Crippen molar-refractivity contribution in [3.8, 4) is 57.3 Å². The molecule has 3 unspecified atom stereocenters. The van der Waals surface area contributed by atoms with Crippen molar-refractivity contribution in [1.82, 2.24) is 0 Å². The van der Waals surface area contributed by atoms with E-state index in [1.807, 2.05) is 0 Å². The maximum Gasteiger partial charge on any atom is 0.235 e. The highest BCUT2D eigenvalue weighted by molar-refractivity contribution is 5.99. The normalized spacial score (nSPS) is 17.8. The zero-order chi connectivity index (χ0) is 33.7. The van der Waals surface area contributed by atoms with E-state index in [1.54, 1.807) is 13.0 Å². The van der Waals surface area contributed by atoms with Crippen molar-refractivity contribution in [2.45, 2.75) is 31.6 Å². The number of rotatable bonds is 6. The van der Waals surface area contributed by atoms with E-state index in [4.69, 9.17) is 4.42 Å². The number of Topliss-reactive ketones (excluding diaryl/α,β-unsaturated/α-hetero) is 1. The Bertz CT molecular complexity index is 2160. The van der Waals surface area contributed by atoms with Crippen molar-refractivity contribution >= 4 is 16.8 Å². The second-order valence-corrected chi connectivity index (χ2v) is 11.8. The zero-order valence-corrected chi connectivity index (χ0v) is 24.9. The number of benzene rings is 4. The van der Waals surface area contributed by atoms with Crippen molar-refractivity contribution in [1.29, 1.82) is 0 Å². The van der Waals surface area contributed by atoms with Gasteiger partial charge in [-0.25, -0.2) is 0 Å². The Balaban J connectivity index is 1.54. The molecule has 1 aliphatic rings. The second kappa shape index (κ2) is 11.7. The molecule has 0 saturated heterocycles. The lowest BCUT2D eigenvalue weighted by atomic mass is 9.65. The molecule has 0 fully saturated rings. The highest BCUT2D eigenvalue weighted by Crippen LogP contribution is 2.54. The molecule has 3 atom stereocenters. The van der Waals surface area contributed by atoms with Gasteiger partial charge >= 0.3 is 0 Å². The summed E-state index contributed by atoms with van der Waals surface area (Å²) < 4.78 is 5.79. The van der Waals surface area contributed by atoms with E-state index in [-0.39, 0.29) is 62.8 Å². The lowest BCUT2D eigenvalue weighted by Crippen LogP contribution is -2.27. The van der Waals surface area contributed by atoms with Crippen LogP contribution < -0.4 is 5.43 Å². The third-order valence-electron chi connectivity index (χ3n) is 8.72. The first-order valence-corrected chi connectivity index (χ1v) is 14.6. The third-order valence-corrected chi connectivity index (χ3v) is 8.72. The van der Waals surface area contributed by atoms with Crippen LogP contribution in [0.2, 0.25) is 0 Å². The summed E-state index contributed by atoms with van der Waals surface area (Å²) in [7, 11) is 0. The number of hydrogen-bond acceptors (Lipinski definition) is 11. The average Bonchev–Trinajstić information content (AvgIpc) is 3.00. The van der Waals surface area contributed by atoms with Crippen molar-refractivity contribution in [3.05, 3.63) is 105 Å². The van der Waals surface area contributed by atoms with E-state index in [0.29, 0.717) is 12.0 Å². The molecule has 0 amide bonds. The Morgan fingerprint density at radius 3 is 2.13 bits per heavy atom. The summed E-state index contributed by atoms with van der Waals surface area (Å²) in [6.45, 7) is 1.81. The van der Waals surface area contributed by atoms with Crippen molar-refractivity contribution in [2.24, 2.45) is 5.92 Å². The van der Waals surface area contributed by atoms with Crippen LogP contribution in [0.4, 0.5) is 0 Å². The SMILES string of the molecule is CC1=CC(c2c(O)ccc(-c3oc4cc(O)ccc4c(=O)c3O)c2O)C(CC(=O)c2ccc(O)cc2O)C(c2ccc(O)cc2O)C1. The minimum atomic E-state index is -0.913. The summed E-state index contributed by atoms with van der Waals surface area (Å²) in [5.41, 5.74) is 0.00323. The fourth-order valence-electron chi connectivity index (χ4n) is 6.54. The Labute approximate surface area is 266 Å². The molecule has 5 aromatic rings. The van der Waals surface area contributed by atoms with Crippen LogP contribution in [0.1, 0.15) is 53.1 Å². The van der Waals surface area contributed by atoms with Crippen LogP contribution in [0.3, 0.4) is 0 Å². The lowest BCUT2D eigenvalue weighted by Gasteiger charge is -2.38. The molecule has 4 aromatic carbocycles. The molecule has 8 N–H and O–H groups in total. The molecule has 0 bridgehead atoms. The summed E-state index contributed by atoms with van der Waals surface area (Å²) in [4.78, 5) is 26.7. The van der Waals surface area contributed by atoms with Crippen LogP contribution in [-0.2, 0) is 0 Å². The topological polar surface area (TPSA) is 209 Å². The van der Waals surface area contributed by atoms with Gasteiger partial charge in [-0.2, -0.15) is 0 Å². The molecule has 1 aliphatic carbocycles. The van der Waals surface area contributed by atoms with Crippen LogP contribution in [0.25, 0.3) is 22.3 Å². The van der Waals surface area contributed by atoms with E-state index in [2.05, 4.69) is 0 Å². The Hall–Kier alpha value is -6.10. The monoisotopic (exact) mass is 638 g/mol. The molecule has 6 rings (SSSR count). The Kier molecular flexibility index (Phi) is 7.68. The maximum atomic E-state index is 13.7. The number of allylic oxidation sites excluding steroid dienone is 2. The van der Waals surface area contributed by atoms with Gasteiger partial charge in [-0.3, -0.25) is 9.59 Å². The van der Waals surface area contributed by atoms with E-state index >= 15 is 0 Å². The van der Waals surface area contributed by atoms with Crippen LogP contribution in [-0.4, -0.2) is 46.6 Å². The molecule has 0 radical (unpaired) electrons. The molecular formula is C36H30O11. The zero-order valence-electron chi connectivity index (χ0n) is 24.9. The summed E-state index contributed by atoms with van der Waals surface area (Å²) in [6.07, 6.45) is 1.84. The standard InChI is InChI=1S/C36H30O11/c1-16-10-24(20-5-2-17(37)12-28(20)41)25(15-30(43)21-6-3-18(38)13-29(21)42)26(11-16)32-27(40)9-8-23(33(32)44)36-35(46)34(45)22-7-4-19(39)14-31(22)47-36/h2-9,11-14,24-26,37-42,44,46H,10,15H2,1H3. The lowest BCUT2D eigenvalue weighted by molar-refractivity contribution is 0.0942. The van der Waals surface area contributed by atoms with Crippen LogP contribution >= 0.6 is 0 Å². The molecule has 0 saturated carbocycles. The first-order chi connectivity index (χ1) is 22.3. The van der Waals surface area contributed by atoms with Gasteiger partial charge in [0.25, 0.3) is 0 Å². The number of phenols is 7. The molecule has 47 heavy (non-hydrogen) atoms. The van der Waals surface area contributed by atoms with Gasteiger partial charge in [-0.15, -0.1) is 0 Å². The first-order valence-electron chi connectivity index (χ1n) is 14.6. The minimum absolute atomic E-state index is 0.0130. The van der Waals surface area contributed by atoms with Gasteiger partial charge in [0.05, 0.1) is 16.5 Å². The largest absolute Gasteiger partial charge is 0.508 e. The van der Waals surface area contributed by atoms with Gasteiger partial charge in [-0.1, -0.05) is 17.7 Å². The van der Waals surface area contributed by atoms with Gasteiger partial charge in [0.2, 0.25) is 11.2 Å². The van der Waals surface area contributed by atoms with E-state index in [0.717, 1.165) is 11.6 Å². The number of carbonyl (C=O) groups excluding carboxylic acids is 1. The molecule has 0 spiro atoms. The summed E-state index contributed by atoms with van der Waals surface area (Å²) >= 11 is 0.